The van der Waals surface area contributed by atoms with E-state index in [9.17, 15) is 9.18 Å². The van der Waals surface area contributed by atoms with Gasteiger partial charge in [0.15, 0.2) is 5.82 Å². The average Bonchev–Trinajstić information content (AvgIpc) is 3.13. The lowest BCUT2D eigenvalue weighted by molar-refractivity contribution is 0.102. The molecule has 168 valence electrons. The van der Waals surface area contributed by atoms with Crippen LogP contribution in [0.4, 0.5) is 10.2 Å². The largest absolute Gasteiger partial charge is 0.488 e. The van der Waals surface area contributed by atoms with Gasteiger partial charge in [-0.15, -0.1) is 0 Å². The number of aryl methyl sites for hydroxylation is 2. The molecular formula is C26H23ClFN3O2. The second kappa shape index (κ2) is 9.88. The van der Waals surface area contributed by atoms with Crippen molar-refractivity contribution in [3.8, 4) is 5.75 Å². The number of ether oxygens (including phenoxy) is 1. The van der Waals surface area contributed by atoms with Crippen molar-refractivity contribution >= 4 is 23.3 Å². The molecule has 5 nitrogen and oxygen atoms in total. The lowest BCUT2D eigenvalue weighted by atomic mass is 10.1. The molecule has 0 radical (unpaired) electrons. The topological polar surface area (TPSA) is 56.1 Å². The maximum Gasteiger partial charge on any atom is 0.256 e. The highest BCUT2D eigenvalue weighted by molar-refractivity contribution is 6.33. The van der Waals surface area contributed by atoms with Gasteiger partial charge in [0.05, 0.1) is 6.54 Å². The number of aromatic nitrogens is 2. The average molecular weight is 464 g/mol. The second-order valence-electron chi connectivity index (χ2n) is 7.81. The lowest BCUT2D eigenvalue weighted by Gasteiger charge is -2.12. The first-order valence-electron chi connectivity index (χ1n) is 10.5. The Kier molecular flexibility index (Phi) is 6.75. The maximum absolute atomic E-state index is 13.1. The van der Waals surface area contributed by atoms with Crippen molar-refractivity contribution in [1.82, 2.24) is 9.78 Å². The van der Waals surface area contributed by atoms with Gasteiger partial charge in [-0.25, -0.2) is 4.39 Å². The minimum absolute atomic E-state index is 0.270. The fourth-order valence-electron chi connectivity index (χ4n) is 3.45. The number of hydrogen-bond donors (Lipinski definition) is 1. The summed E-state index contributed by atoms with van der Waals surface area (Å²) in [6, 6.07) is 19.4. The van der Waals surface area contributed by atoms with Crippen molar-refractivity contribution in [3.63, 3.8) is 0 Å². The summed E-state index contributed by atoms with van der Waals surface area (Å²) >= 11 is 6.24. The fourth-order valence-corrected chi connectivity index (χ4v) is 3.65. The molecule has 0 aliphatic carbocycles. The molecule has 0 aliphatic rings. The van der Waals surface area contributed by atoms with Gasteiger partial charge in [-0.1, -0.05) is 54.1 Å². The van der Waals surface area contributed by atoms with Crippen LogP contribution in [0, 0.1) is 19.7 Å². The SMILES string of the molecule is Cc1cccc(C)c1OCc1ccc(C(=O)Nc2nn(Cc3ccc(F)cc3)cc2Cl)cc1. The monoisotopic (exact) mass is 463 g/mol. The van der Waals surface area contributed by atoms with Crippen LogP contribution in [0.15, 0.2) is 72.9 Å². The van der Waals surface area contributed by atoms with Crippen molar-refractivity contribution in [2.45, 2.75) is 27.0 Å². The van der Waals surface area contributed by atoms with Gasteiger partial charge in [0.2, 0.25) is 0 Å². The molecule has 7 heteroatoms. The number of carbonyl (C=O) groups excluding carboxylic acids is 1. The van der Waals surface area contributed by atoms with Crippen LogP contribution in [-0.4, -0.2) is 15.7 Å². The van der Waals surface area contributed by atoms with Crippen LogP contribution in [0.25, 0.3) is 0 Å². The quantitative estimate of drug-likeness (QED) is 0.356. The Morgan fingerprint density at radius 3 is 2.30 bits per heavy atom. The van der Waals surface area contributed by atoms with E-state index < -0.39 is 0 Å². The molecule has 0 aliphatic heterocycles. The molecule has 0 spiro atoms. The van der Waals surface area contributed by atoms with Crippen LogP contribution >= 0.6 is 11.6 Å². The molecule has 0 unspecified atom stereocenters. The molecule has 4 rings (SSSR count). The van der Waals surface area contributed by atoms with E-state index in [1.54, 1.807) is 35.1 Å². The van der Waals surface area contributed by atoms with Gasteiger partial charge in [-0.3, -0.25) is 9.48 Å². The smallest absolute Gasteiger partial charge is 0.256 e. The lowest BCUT2D eigenvalue weighted by Crippen LogP contribution is -2.13. The van der Waals surface area contributed by atoms with E-state index in [1.165, 1.54) is 12.1 Å². The van der Waals surface area contributed by atoms with Crippen LogP contribution in [0.2, 0.25) is 5.02 Å². The molecule has 4 aromatic rings. The predicted molar refractivity (Wildman–Crippen MR) is 127 cm³/mol. The minimum atomic E-state index is -0.314. The third-order valence-corrected chi connectivity index (χ3v) is 5.49. The molecular weight excluding hydrogens is 441 g/mol. The van der Waals surface area contributed by atoms with Crippen molar-refractivity contribution in [1.29, 1.82) is 0 Å². The molecule has 0 bridgehead atoms. The summed E-state index contributed by atoms with van der Waals surface area (Å²) < 4.78 is 20.6. The summed E-state index contributed by atoms with van der Waals surface area (Å²) in [5.41, 5.74) is 4.47. The van der Waals surface area contributed by atoms with Gasteiger partial charge in [0, 0.05) is 11.8 Å². The molecule has 1 amide bonds. The first-order valence-corrected chi connectivity index (χ1v) is 10.8. The number of carbonyl (C=O) groups is 1. The summed E-state index contributed by atoms with van der Waals surface area (Å²) in [7, 11) is 0. The Bertz CT molecular complexity index is 1250. The van der Waals surface area contributed by atoms with Gasteiger partial charge in [0.1, 0.15) is 23.2 Å². The van der Waals surface area contributed by atoms with Crippen LogP contribution in [0.1, 0.15) is 32.6 Å². The number of nitrogens with one attached hydrogen (secondary N) is 1. The molecule has 33 heavy (non-hydrogen) atoms. The fraction of sp³-hybridized carbons (Fsp3) is 0.154. The number of halogens is 2. The molecule has 0 fully saturated rings. The third kappa shape index (κ3) is 5.59. The van der Waals surface area contributed by atoms with Gasteiger partial charge < -0.3 is 10.1 Å². The van der Waals surface area contributed by atoms with Crippen LogP contribution in [-0.2, 0) is 13.2 Å². The Labute approximate surface area is 196 Å². The number of para-hydroxylation sites is 1. The molecule has 0 atom stereocenters. The molecule has 1 heterocycles. The Hall–Kier alpha value is -3.64. The van der Waals surface area contributed by atoms with Crippen molar-refractivity contribution in [2.75, 3.05) is 5.32 Å². The molecule has 0 saturated carbocycles. The minimum Gasteiger partial charge on any atom is -0.488 e. The van der Waals surface area contributed by atoms with Gasteiger partial charge >= 0.3 is 0 Å². The zero-order valence-corrected chi connectivity index (χ0v) is 19.1. The van der Waals surface area contributed by atoms with Crippen LogP contribution in [0.5, 0.6) is 5.75 Å². The summed E-state index contributed by atoms with van der Waals surface area (Å²) in [6.45, 7) is 4.85. The normalized spacial score (nSPS) is 10.8. The van der Waals surface area contributed by atoms with Gasteiger partial charge in [-0.2, -0.15) is 5.10 Å². The first-order chi connectivity index (χ1) is 15.9. The number of benzene rings is 3. The number of amides is 1. The Morgan fingerprint density at radius 2 is 1.64 bits per heavy atom. The van der Waals surface area contributed by atoms with E-state index in [4.69, 9.17) is 16.3 Å². The summed E-state index contributed by atoms with van der Waals surface area (Å²) in [6.07, 6.45) is 1.62. The molecule has 1 N–H and O–H groups in total. The van der Waals surface area contributed by atoms with Gasteiger partial charge in [0.25, 0.3) is 5.91 Å². The highest BCUT2D eigenvalue weighted by Gasteiger charge is 2.13. The van der Waals surface area contributed by atoms with E-state index in [1.807, 2.05) is 44.2 Å². The summed E-state index contributed by atoms with van der Waals surface area (Å²) in [5, 5.41) is 7.39. The van der Waals surface area contributed by atoms with Crippen molar-refractivity contribution < 1.29 is 13.9 Å². The predicted octanol–water partition coefficient (Wildman–Crippen LogP) is 6.17. The highest BCUT2D eigenvalue weighted by Crippen LogP contribution is 2.24. The number of hydrogen-bond acceptors (Lipinski definition) is 3. The number of nitrogens with zero attached hydrogens (tertiary/aromatic N) is 2. The number of rotatable bonds is 7. The first kappa shape index (κ1) is 22.6. The molecule has 0 saturated heterocycles. The Morgan fingerprint density at radius 1 is 1.00 bits per heavy atom. The molecule has 3 aromatic carbocycles. The number of anilines is 1. The zero-order chi connectivity index (χ0) is 23.4. The van der Waals surface area contributed by atoms with Crippen molar-refractivity contribution in [2.24, 2.45) is 0 Å². The van der Waals surface area contributed by atoms with E-state index in [0.29, 0.717) is 23.7 Å². The van der Waals surface area contributed by atoms with Crippen molar-refractivity contribution in [3.05, 3.63) is 112 Å². The summed E-state index contributed by atoms with van der Waals surface area (Å²) in [5.74, 6) is 0.538. The third-order valence-electron chi connectivity index (χ3n) is 5.21. The van der Waals surface area contributed by atoms with E-state index in [-0.39, 0.29) is 17.5 Å². The zero-order valence-electron chi connectivity index (χ0n) is 18.3. The van der Waals surface area contributed by atoms with E-state index in [2.05, 4.69) is 10.4 Å². The standard InChI is InChI=1S/C26H23ClFN3O2/c1-17-4-3-5-18(2)24(17)33-16-20-6-10-21(11-7-20)26(32)29-25-23(27)15-31(30-25)14-19-8-12-22(28)13-9-19/h3-13,15H,14,16H2,1-2H3,(H,29,30,32). The van der Waals surface area contributed by atoms with Crippen LogP contribution < -0.4 is 10.1 Å². The van der Waals surface area contributed by atoms with E-state index >= 15 is 0 Å². The van der Waals surface area contributed by atoms with Gasteiger partial charge in [-0.05, 0) is 60.4 Å². The highest BCUT2D eigenvalue weighted by atomic mass is 35.5. The Balaban J connectivity index is 1.37. The maximum atomic E-state index is 13.1. The second-order valence-corrected chi connectivity index (χ2v) is 8.22. The van der Waals surface area contributed by atoms with E-state index in [0.717, 1.165) is 28.0 Å². The summed E-state index contributed by atoms with van der Waals surface area (Å²) in [4.78, 5) is 12.7. The molecule has 1 aromatic heterocycles. The van der Waals surface area contributed by atoms with Crippen LogP contribution in [0.3, 0.4) is 0 Å².